The minimum atomic E-state index is -0.289. The second kappa shape index (κ2) is 6.19. The van der Waals surface area contributed by atoms with Gasteiger partial charge in [-0.05, 0) is 48.9 Å². The first-order valence-electron chi connectivity index (χ1n) is 6.30. The molecule has 0 aromatic heterocycles. The van der Waals surface area contributed by atoms with Crippen LogP contribution in [0.2, 0.25) is 0 Å². The van der Waals surface area contributed by atoms with Gasteiger partial charge in [-0.2, -0.15) is 0 Å². The normalized spacial score (nSPS) is 11.8. The molecule has 3 nitrogen and oxygen atoms in total. The van der Waals surface area contributed by atoms with Gasteiger partial charge < -0.3 is 10.1 Å². The number of nitrogens with one attached hydrogen (secondary N) is 1. The van der Waals surface area contributed by atoms with Gasteiger partial charge in [0.2, 0.25) is 0 Å². The van der Waals surface area contributed by atoms with E-state index >= 15 is 0 Å². The van der Waals surface area contributed by atoms with Gasteiger partial charge in [0.1, 0.15) is 11.6 Å². The third kappa shape index (κ3) is 3.35. The second-order valence-electron chi connectivity index (χ2n) is 4.48. The highest BCUT2D eigenvalue weighted by Crippen LogP contribution is 2.15. The van der Waals surface area contributed by atoms with Crippen molar-refractivity contribution in [3.8, 4) is 5.75 Å². The first-order chi connectivity index (χ1) is 9.60. The van der Waals surface area contributed by atoms with Crippen molar-refractivity contribution < 1.29 is 13.9 Å². The van der Waals surface area contributed by atoms with E-state index in [1.54, 1.807) is 43.5 Å². The lowest BCUT2D eigenvalue weighted by Crippen LogP contribution is -2.26. The van der Waals surface area contributed by atoms with E-state index < -0.39 is 0 Å². The SMILES string of the molecule is COc1ccc(C(=O)NC(C)c2ccc(F)cc2)cc1. The third-order valence-electron chi connectivity index (χ3n) is 3.07. The van der Waals surface area contributed by atoms with Crippen LogP contribution in [0.5, 0.6) is 5.75 Å². The van der Waals surface area contributed by atoms with Gasteiger partial charge >= 0.3 is 0 Å². The monoisotopic (exact) mass is 273 g/mol. The molecular formula is C16H16FNO2. The molecular weight excluding hydrogens is 257 g/mol. The number of rotatable bonds is 4. The number of ether oxygens (including phenoxy) is 1. The molecule has 0 fully saturated rings. The van der Waals surface area contributed by atoms with Crippen LogP contribution in [0.15, 0.2) is 48.5 Å². The largest absolute Gasteiger partial charge is 0.497 e. The average Bonchev–Trinajstić information content (AvgIpc) is 2.48. The molecule has 0 aliphatic heterocycles. The molecule has 0 heterocycles. The molecule has 2 aromatic carbocycles. The first-order valence-corrected chi connectivity index (χ1v) is 6.30. The molecule has 1 unspecified atom stereocenters. The average molecular weight is 273 g/mol. The molecule has 0 aliphatic carbocycles. The minimum absolute atomic E-state index is 0.176. The summed E-state index contributed by atoms with van der Waals surface area (Å²) < 4.78 is 17.9. The zero-order valence-corrected chi connectivity index (χ0v) is 11.4. The Hall–Kier alpha value is -2.36. The molecule has 0 saturated carbocycles. The smallest absolute Gasteiger partial charge is 0.251 e. The maximum absolute atomic E-state index is 12.8. The fourth-order valence-electron chi connectivity index (χ4n) is 1.86. The Labute approximate surface area is 117 Å². The number of hydrogen-bond acceptors (Lipinski definition) is 2. The van der Waals surface area contributed by atoms with Crippen LogP contribution in [0.1, 0.15) is 28.9 Å². The number of benzene rings is 2. The maximum atomic E-state index is 12.8. The van der Waals surface area contributed by atoms with Crippen molar-refractivity contribution in [1.82, 2.24) is 5.32 Å². The predicted molar refractivity (Wildman–Crippen MR) is 75.3 cm³/mol. The van der Waals surface area contributed by atoms with Gasteiger partial charge in [0.15, 0.2) is 0 Å². The Morgan fingerprint density at radius 3 is 2.25 bits per heavy atom. The highest BCUT2D eigenvalue weighted by molar-refractivity contribution is 5.94. The molecule has 0 radical (unpaired) electrons. The van der Waals surface area contributed by atoms with Gasteiger partial charge in [-0.3, -0.25) is 4.79 Å². The van der Waals surface area contributed by atoms with Gasteiger partial charge in [0.25, 0.3) is 5.91 Å². The molecule has 1 N–H and O–H groups in total. The molecule has 2 aromatic rings. The van der Waals surface area contributed by atoms with Crippen molar-refractivity contribution in [3.63, 3.8) is 0 Å². The summed E-state index contributed by atoms with van der Waals surface area (Å²) in [4.78, 5) is 12.1. The molecule has 0 aliphatic rings. The summed E-state index contributed by atoms with van der Waals surface area (Å²) in [6.45, 7) is 1.86. The quantitative estimate of drug-likeness (QED) is 0.928. The molecule has 0 spiro atoms. The number of carbonyl (C=O) groups is 1. The van der Waals surface area contributed by atoms with Gasteiger partial charge in [0.05, 0.1) is 13.2 Å². The van der Waals surface area contributed by atoms with Gasteiger partial charge in [-0.15, -0.1) is 0 Å². The van der Waals surface area contributed by atoms with Crippen LogP contribution in [-0.2, 0) is 0 Å². The summed E-state index contributed by atoms with van der Waals surface area (Å²) in [5.74, 6) is 0.236. The van der Waals surface area contributed by atoms with E-state index in [2.05, 4.69) is 5.32 Å². The summed E-state index contributed by atoms with van der Waals surface area (Å²) in [7, 11) is 1.58. The Bertz CT molecular complexity index is 578. The standard InChI is InChI=1S/C16H16FNO2/c1-11(12-3-7-14(17)8-4-12)18-16(19)13-5-9-15(20-2)10-6-13/h3-11H,1-2H3,(H,18,19). The lowest BCUT2D eigenvalue weighted by atomic mass is 10.1. The van der Waals surface area contributed by atoms with Crippen LogP contribution in [0.4, 0.5) is 4.39 Å². The van der Waals surface area contributed by atoms with Crippen molar-refractivity contribution in [1.29, 1.82) is 0 Å². The maximum Gasteiger partial charge on any atom is 0.251 e. The molecule has 1 atom stereocenters. The van der Waals surface area contributed by atoms with E-state index in [-0.39, 0.29) is 17.8 Å². The molecule has 0 bridgehead atoms. The number of carbonyl (C=O) groups excluding carboxylic acids is 1. The van der Waals surface area contributed by atoms with Crippen molar-refractivity contribution in [3.05, 3.63) is 65.5 Å². The lowest BCUT2D eigenvalue weighted by Gasteiger charge is -2.14. The Balaban J connectivity index is 2.04. The second-order valence-corrected chi connectivity index (χ2v) is 4.48. The molecule has 20 heavy (non-hydrogen) atoms. The topological polar surface area (TPSA) is 38.3 Å². The Morgan fingerprint density at radius 2 is 1.70 bits per heavy atom. The predicted octanol–water partition coefficient (Wildman–Crippen LogP) is 3.33. The van der Waals surface area contributed by atoms with Crippen molar-refractivity contribution in [2.45, 2.75) is 13.0 Å². The first kappa shape index (κ1) is 14.1. The zero-order valence-electron chi connectivity index (χ0n) is 11.4. The van der Waals surface area contributed by atoms with Crippen LogP contribution in [0.3, 0.4) is 0 Å². The van der Waals surface area contributed by atoms with Gasteiger partial charge in [-0.25, -0.2) is 4.39 Å². The van der Waals surface area contributed by atoms with E-state index in [0.717, 1.165) is 5.56 Å². The molecule has 4 heteroatoms. The van der Waals surface area contributed by atoms with E-state index in [9.17, 15) is 9.18 Å². The molecule has 104 valence electrons. The fourth-order valence-corrected chi connectivity index (χ4v) is 1.86. The van der Waals surface area contributed by atoms with Crippen LogP contribution < -0.4 is 10.1 Å². The highest BCUT2D eigenvalue weighted by atomic mass is 19.1. The van der Waals surface area contributed by atoms with Crippen LogP contribution >= 0.6 is 0 Å². The summed E-state index contributed by atoms with van der Waals surface area (Å²) in [6.07, 6.45) is 0. The van der Waals surface area contributed by atoms with E-state index in [1.165, 1.54) is 12.1 Å². The van der Waals surface area contributed by atoms with Gasteiger partial charge in [-0.1, -0.05) is 12.1 Å². The van der Waals surface area contributed by atoms with Crippen molar-refractivity contribution >= 4 is 5.91 Å². The zero-order chi connectivity index (χ0) is 14.5. The van der Waals surface area contributed by atoms with Crippen molar-refractivity contribution in [2.75, 3.05) is 7.11 Å². The van der Waals surface area contributed by atoms with Crippen LogP contribution in [0.25, 0.3) is 0 Å². The lowest BCUT2D eigenvalue weighted by molar-refractivity contribution is 0.0940. The van der Waals surface area contributed by atoms with E-state index in [1.807, 2.05) is 6.92 Å². The van der Waals surface area contributed by atoms with Crippen LogP contribution in [0, 0.1) is 5.82 Å². The summed E-state index contributed by atoms with van der Waals surface area (Å²) in [5.41, 5.74) is 1.41. The summed E-state index contributed by atoms with van der Waals surface area (Å²) in [6, 6.07) is 12.8. The van der Waals surface area contributed by atoms with Crippen LogP contribution in [-0.4, -0.2) is 13.0 Å². The van der Waals surface area contributed by atoms with Gasteiger partial charge in [0, 0.05) is 5.56 Å². The molecule has 1 amide bonds. The number of methoxy groups -OCH3 is 1. The Kier molecular flexibility index (Phi) is 4.35. The van der Waals surface area contributed by atoms with Crippen molar-refractivity contribution in [2.24, 2.45) is 0 Å². The summed E-state index contributed by atoms with van der Waals surface area (Å²) in [5, 5.41) is 2.87. The molecule has 2 rings (SSSR count). The minimum Gasteiger partial charge on any atom is -0.497 e. The molecule has 0 saturated heterocycles. The van der Waals surface area contributed by atoms with E-state index in [0.29, 0.717) is 11.3 Å². The fraction of sp³-hybridized carbons (Fsp3) is 0.188. The Morgan fingerprint density at radius 1 is 1.10 bits per heavy atom. The summed E-state index contributed by atoms with van der Waals surface area (Å²) >= 11 is 0. The number of halogens is 1. The number of hydrogen-bond donors (Lipinski definition) is 1. The number of amides is 1. The highest BCUT2D eigenvalue weighted by Gasteiger charge is 2.11. The van der Waals surface area contributed by atoms with E-state index in [4.69, 9.17) is 4.74 Å². The third-order valence-corrected chi connectivity index (χ3v) is 3.07.